The van der Waals surface area contributed by atoms with Gasteiger partial charge in [0.05, 0.1) is 11.9 Å². The molecule has 3 nitrogen and oxygen atoms in total. The van der Waals surface area contributed by atoms with Gasteiger partial charge in [-0.3, -0.25) is 4.98 Å². The predicted octanol–water partition coefficient (Wildman–Crippen LogP) is 2.75. The lowest BCUT2D eigenvalue weighted by Gasteiger charge is -2.20. The van der Waals surface area contributed by atoms with Crippen molar-refractivity contribution in [2.45, 2.75) is 44.7 Å². The normalized spacial score (nSPS) is 25.0. The average Bonchev–Trinajstić information content (AvgIpc) is 3.21. The summed E-state index contributed by atoms with van der Waals surface area (Å²) >= 11 is 0. The minimum Gasteiger partial charge on any atom is -0.308 e. The van der Waals surface area contributed by atoms with Crippen molar-refractivity contribution >= 4 is 0 Å². The number of rotatable bonds is 6. The Hall–Kier alpha value is -1.00. The molecule has 1 saturated heterocycles. The number of likely N-dealkylation sites (tertiary alicyclic amines) is 1. The number of nitrogens with one attached hydrogen (secondary N) is 1. The van der Waals surface area contributed by atoms with E-state index in [4.69, 9.17) is 0 Å². The van der Waals surface area contributed by atoms with E-state index >= 15 is 0 Å². The molecule has 2 aliphatic rings. The molecule has 1 aliphatic heterocycles. The zero-order valence-electron chi connectivity index (χ0n) is 12.2. The minimum atomic E-state index is -0.264. The summed E-state index contributed by atoms with van der Waals surface area (Å²) in [5, 5.41) is 3.62. The first kappa shape index (κ1) is 14.0. The van der Waals surface area contributed by atoms with Crippen molar-refractivity contribution in [1.82, 2.24) is 15.2 Å². The van der Waals surface area contributed by atoms with Gasteiger partial charge in [0.25, 0.3) is 0 Å². The summed E-state index contributed by atoms with van der Waals surface area (Å²) in [6, 6.07) is 4.42. The van der Waals surface area contributed by atoms with E-state index in [0.29, 0.717) is 0 Å². The second-order valence-electron chi connectivity index (χ2n) is 6.15. The SMILES string of the molecule is CCC(NCC1CCN(C2CC2)C1)c1ccc(F)cn1. The quantitative estimate of drug-likeness (QED) is 0.866. The first-order valence-electron chi connectivity index (χ1n) is 7.85. The van der Waals surface area contributed by atoms with Crippen molar-refractivity contribution < 1.29 is 4.39 Å². The largest absolute Gasteiger partial charge is 0.308 e. The molecule has 2 unspecified atom stereocenters. The van der Waals surface area contributed by atoms with Crippen LogP contribution in [0, 0.1) is 11.7 Å². The van der Waals surface area contributed by atoms with E-state index in [1.807, 2.05) is 0 Å². The molecule has 2 fully saturated rings. The lowest BCUT2D eigenvalue weighted by molar-refractivity contribution is 0.308. The molecule has 2 atom stereocenters. The Morgan fingerprint density at radius 2 is 2.25 bits per heavy atom. The Balaban J connectivity index is 1.49. The summed E-state index contributed by atoms with van der Waals surface area (Å²) in [7, 11) is 0. The van der Waals surface area contributed by atoms with Crippen molar-refractivity contribution in [2.75, 3.05) is 19.6 Å². The molecule has 0 radical (unpaired) electrons. The maximum atomic E-state index is 12.9. The number of hydrogen-bond acceptors (Lipinski definition) is 3. The highest BCUT2D eigenvalue weighted by Crippen LogP contribution is 2.31. The monoisotopic (exact) mass is 277 g/mol. The van der Waals surface area contributed by atoms with Gasteiger partial charge in [0, 0.05) is 18.6 Å². The van der Waals surface area contributed by atoms with Crippen LogP contribution in [-0.2, 0) is 0 Å². The molecule has 3 rings (SSSR count). The van der Waals surface area contributed by atoms with Crippen molar-refractivity contribution in [2.24, 2.45) is 5.92 Å². The van der Waals surface area contributed by atoms with E-state index in [-0.39, 0.29) is 11.9 Å². The highest BCUT2D eigenvalue weighted by molar-refractivity contribution is 5.09. The minimum absolute atomic E-state index is 0.241. The van der Waals surface area contributed by atoms with Crippen molar-refractivity contribution in [3.8, 4) is 0 Å². The van der Waals surface area contributed by atoms with Crippen LogP contribution in [0.25, 0.3) is 0 Å². The lowest BCUT2D eigenvalue weighted by Crippen LogP contribution is -2.30. The Morgan fingerprint density at radius 3 is 2.90 bits per heavy atom. The fraction of sp³-hybridized carbons (Fsp3) is 0.688. The third kappa shape index (κ3) is 3.36. The smallest absolute Gasteiger partial charge is 0.141 e. The highest BCUT2D eigenvalue weighted by Gasteiger charge is 2.34. The van der Waals surface area contributed by atoms with Crippen LogP contribution in [0.4, 0.5) is 4.39 Å². The molecule has 20 heavy (non-hydrogen) atoms. The molecule has 0 aromatic carbocycles. The van der Waals surface area contributed by atoms with Crippen molar-refractivity contribution in [1.29, 1.82) is 0 Å². The van der Waals surface area contributed by atoms with Gasteiger partial charge >= 0.3 is 0 Å². The van der Waals surface area contributed by atoms with Crippen LogP contribution in [0.3, 0.4) is 0 Å². The first-order valence-corrected chi connectivity index (χ1v) is 7.85. The standard InChI is InChI=1S/C16H24FN3/c1-2-15(16-6-3-13(17)10-19-16)18-9-12-7-8-20(11-12)14-4-5-14/h3,6,10,12,14-15,18H,2,4-5,7-9,11H2,1H3. The van der Waals surface area contributed by atoms with E-state index in [1.165, 1.54) is 44.6 Å². The second kappa shape index (κ2) is 6.19. The molecule has 1 saturated carbocycles. The highest BCUT2D eigenvalue weighted by atomic mass is 19.1. The molecule has 2 heterocycles. The first-order chi connectivity index (χ1) is 9.76. The van der Waals surface area contributed by atoms with Crippen molar-refractivity contribution in [3.05, 3.63) is 29.8 Å². The summed E-state index contributed by atoms with van der Waals surface area (Å²) in [6.07, 6.45) is 6.40. The summed E-state index contributed by atoms with van der Waals surface area (Å²) < 4.78 is 12.9. The van der Waals surface area contributed by atoms with Crippen molar-refractivity contribution in [3.63, 3.8) is 0 Å². The Bertz CT molecular complexity index is 430. The van der Waals surface area contributed by atoms with Gasteiger partial charge in [-0.1, -0.05) is 6.92 Å². The lowest BCUT2D eigenvalue weighted by atomic mass is 10.1. The number of aromatic nitrogens is 1. The van der Waals surface area contributed by atoms with Crippen LogP contribution in [0.5, 0.6) is 0 Å². The molecule has 4 heteroatoms. The van der Waals surface area contributed by atoms with Crippen LogP contribution in [0.2, 0.25) is 0 Å². The molecule has 1 aromatic rings. The van der Waals surface area contributed by atoms with Gasteiger partial charge in [-0.05, 0) is 56.8 Å². The number of halogens is 1. The molecule has 1 N–H and O–H groups in total. The van der Waals surface area contributed by atoms with Gasteiger partial charge in [-0.25, -0.2) is 4.39 Å². The van der Waals surface area contributed by atoms with Gasteiger partial charge in [0.2, 0.25) is 0 Å². The Morgan fingerprint density at radius 1 is 1.40 bits per heavy atom. The summed E-state index contributed by atoms with van der Waals surface area (Å²) in [5.74, 6) is 0.490. The maximum absolute atomic E-state index is 12.9. The topological polar surface area (TPSA) is 28.2 Å². The molecule has 1 aromatic heterocycles. The van der Waals surface area contributed by atoms with E-state index < -0.39 is 0 Å². The van der Waals surface area contributed by atoms with Gasteiger partial charge in [-0.15, -0.1) is 0 Å². The predicted molar refractivity (Wildman–Crippen MR) is 77.9 cm³/mol. The third-order valence-corrected chi connectivity index (χ3v) is 4.55. The van der Waals surface area contributed by atoms with E-state index in [1.54, 1.807) is 6.07 Å². The van der Waals surface area contributed by atoms with Gasteiger partial charge < -0.3 is 10.2 Å². The molecule has 0 bridgehead atoms. The van der Waals surface area contributed by atoms with E-state index in [2.05, 4.69) is 22.1 Å². The number of hydrogen-bond donors (Lipinski definition) is 1. The van der Waals surface area contributed by atoms with Gasteiger partial charge in [-0.2, -0.15) is 0 Å². The van der Waals surface area contributed by atoms with Crippen LogP contribution in [0.1, 0.15) is 44.3 Å². The summed E-state index contributed by atoms with van der Waals surface area (Å²) in [5.41, 5.74) is 0.950. The fourth-order valence-corrected chi connectivity index (χ4v) is 3.16. The van der Waals surface area contributed by atoms with Crippen LogP contribution in [0.15, 0.2) is 18.3 Å². The van der Waals surface area contributed by atoms with Crippen LogP contribution < -0.4 is 5.32 Å². The van der Waals surface area contributed by atoms with Crippen LogP contribution in [-0.4, -0.2) is 35.6 Å². The molecule has 0 spiro atoms. The van der Waals surface area contributed by atoms with Gasteiger partial charge in [0.1, 0.15) is 5.82 Å². The molecule has 0 amide bonds. The van der Waals surface area contributed by atoms with Gasteiger partial charge in [0.15, 0.2) is 0 Å². The number of pyridine rings is 1. The Labute approximate surface area is 120 Å². The Kier molecular flexibility index (Phi) is 4.32. The second-order valence-corrected chi connectivity index (χ2v) is 6.15. The average molecular weight is 277 g/mol. The van der Waals surface area contributed by atoms with E-state index in [9.17, 15) is 4.39 Å². The summed E-state index contributed by atoms with van der Waals surface area (Å²) in [4.78, 5) is 6.84. The third-order valence-electron chi connectivity index (χ3n) is 4.55. The van der Waals surface area contributed by atoms with Crippen LogP contribution >= 0.6 is 0 Å². The number of nitrogens with zero attached hydrogens (tertiary/aromatic N) is 2. The molecular formula is C16H24FN3. The fourth-order valence-electron chi connectivity index (χ4n) is 3.16. The van der Waals surface area contributed by atoms with E-state index in [0.717, 1.165) is 30.6 Å². The molecule has 110 valence electrons. The maximum Gasteiger partial charge on any atom is 0.141 e. The summed E-state index contributed by atoms with van der Waals surface area (Å²) in [6.45, 7) is 5.70. The molecule has 1 aliphatic carbocycles. The molecular weight excluding hydrogens is 253 g/mol. The zero-order valence-corrected chi connectivity index (χ0v) is 12.2. The zero-order chi connectivity index (χ0) is 13.9.